The van der Waals surface area contributed by atoms with Crippen LogP contribution < -0.4 is 0 Å². The number of Topliss-reactive ketones (excluding diaryl/α,β-unsaturated/α-hetero) is 1. The maximum Gasteiger partial charge on any atom is 0.321 e. The van der Waals surface area contributed by atoms with Gasteiger partial charge in [-0.2, -0.15) is 8.42 Å². The molecule has 0 spiro atoms. The number of ketones is 1. The average Bonchev–Trinajstić information content (AvgIpc) is 3.67. The largest absolute Gasteiger partial charge is 0.321 e. The van der Waals surface area contributed by atoms with Gasteiger partial charge in [0.15, 0.2) is 0 Å². The van der Waals surface area contributed by atoms with Crippen molar-refractivity contribution in [3.63, 3.8) is 0 Å². The van der Waals surface area contributed by atoms with E-state index in [1.807, 2.05) is 26.0 Å². The van der Waals surface area contributed by atoms with Gasteiger partial charge in [-0.3, -0.25) is 9.35 Å². The summed E-state index contributed by atoms with van der Waals surface area (Å²) in [5, 5.41) is 0.730. The Morgan fingerprint density at radius 2 is 1.54 bits per heavy atom. The van der Waals surface area contributed by atoms with Crippen molar-refractivity contribution in [3.05, 3.63) is 71.8 Å². The van der Waals surface area contributed by atoms with Gasteiger partial charge in [0, 0.05) is 25.9 Å². The van der Waals surface area contributed by atoms with Crippen molar-refractivity contribution in [3.8, 4) is 0 Å². The number of carbonyl (C=O) groups is 2. The molecule has 1 N–H and O–H groups in total. The Hall–Kier alpha value is -2.36. The maximum absolute atomic E-state index is 13.4. The van der Waals surface area contributed by atoms with Gasteiger partial charge in [0.2, 0.25) is 0 Å². The Labute approximate surface area is 246 Å². The van der Waals surface area contributed by atoms with Crippen molar-refractivity contribution in [2.24, 2.45) is 16.7 Å². The number of urea groups is 1. The van der Waals surface area contributed by atoms with E-state index in [1.165, 1.54) is 35.5 Å². The molecule has 5 aliphatic rings. The molecule has 5 unspecified atom stereocenters. The first kappa shape index (κ1) is 28.7. The van der Waals surface area contributed by atoms with E-state index in [9.17, 15) is 18.0 Å². The van der Waals surface area contributed by atoms with Crippen LogP contribution in [-0.4, -0.2) is 69.2 Å². The lowest BCUT2D eigenvalue weighted by molar-refractivity contribution is -0.128. The van der Waals surface area contributed by atoms with Gasteiger partial charge in [-0.05, 0) is 52.6 Å². The minimum Gasteiger partial charge on any atom is -0.310 e. The Kier molecular flexibility index (Phi) is 7.52. The summed E-state index contributed by atoms with van der Waals surface area (Å²) in [5.41, 5.74) is 1.36. The highest BCUT2D eigenvalue weighted by Crippen LogP contribution is 2.64. The van der Waals surface area contributed by atoms with Crippen LogP contribution in [0.3, 0.4) is 0 Å². The fourth-order valence-corrected chi connectivity index (χ4v) is 13.0. The fraction of sp³-hybridized carbons (Fsp3) is 0.562. The minimum atomic E-state index is -4.08. The van der Waals surface area contributed by atoms with Gasteiger partial charge < -0.3 is 9.80 Å². The Bertz CT molecular complexity index is 1400. The number of hydrogen-bond acceptors (Lipinski definition) is 4. The van der Waals surface area contributed by atoms with Crippen molar-refractivity contribution in [1.82, 2.24) is 9.80 Å². The first-order chi connectivity index (χ1) is 19.5. The number of benzene rings is 2. The molecule has 9 heteroatoms. The van der Waals surface area contributed by atoms with E-state index in [4.69, 9.17) is 4.55 Å². The standard InChI is InChI=1S/C22H25N2OS.C10H16O4S/c25-22-23(14-17-8-3-1-4-9-17)19-16-26-13-7-12-20(26)21(19)24(22)15-18-10-5-2-6-11-18;1-9(2)7-3-4-10(9,8(11)5-7)6-15(12,13)14/h1-6,8-11,19-21H,7,12-16H2;7H,3-6H2,1-2H3,(H,12,13,14)/q+1;/t;7?,10-/m.0/s1. The molecular weight excluding hydrogens is 556 g/mol. The number of nitrogens with zero attached hydrogens (tertiary/aromatic N) is 2. The Morgan fingerprint density at radius 3 is 2.07 bits per heavy atom. The second-order valence-electron chi connectivity index (χ2n) is 13.0. The summed E-state index contributed by atoms with van der Waals surface area (Å²) in [6, 6.07) is 22.0. The third-order valence-corrected chi connectivity index (χ3v) is 14.5. The topological polar surface area (TPSA) is 95.0 Å². The SMILES string of the molecule is CC1(C)C2CC[C@]1(CS(=O)(=O)O)C(=O)C2.O=C1N(Cc2ccccc2)C2C[S+]3CCCC3C2N1Cc1ccccc1. The molecule has 2 aromatic rings. The van der Waals surface area contributed by atoms with Gasteiger partial charge in [0.05, 0.1) is 11.2 Å². The molecule has 0 radical (unpaired) electrons. The van der Waals surface area contributed by atoms with Crippen LogP contribution in [0.15, 0.2) is 60.7 Å². The Morgan fingerprint density at radius 1 is 0.927 bits per heavy atom. The first-order valence-electron chi connectivity index (χ1n) is 14.8. The normalized spacial score (nSPS) is 33.1. The lowest BCUT2D eigenvalue weighted by Gasteiger charge is -2.35. The van der Waals surface area contributed by atoms with Crippen molar-refractivity contribution in [2.45, 2.75) is 76.4 Å². The van der Waals surface area contributed by atoms with Crippen molar-refractivity contribution in [2.75, 3.05) is 17.3 Å². The third-order valence-electron chi connectivity index (χ3n) is 10.7. The molecule has 2 aromatic carbocycles. The highest BCUT2D eigenvalue weighted by molar-refractivity contribution is 7.98. The molecule has 220 valence electrons. The smallest absolute Gasteiger partial charge is 0.310 e. The molecule has 2 amide bonds. The maximum atomic E-state index is 13.4. The molecule has 3 heterocycles. The van der Waals surface area contributed by atoms with Crippen LogP contribution in [0.5, 0.6) is 0 Å². The molecule has 3 saturated heterocycles. The van der Waals surface area contributed by atoms with Gasteiger partial charge in [-0.25, -0.2) is 4.79 Å². The summed E-state index contributed by atoms with van der Waals surface area (Å²) >= 11 is 0. The molecule has 7 rings (SSSR count). The average molecular weight is 598 g/mol. The van der Waals surface area contributed by atoms with Crippen molar-refractivity contribution in [1.29, 1.82) is 0 Å². The van der Waals surface area contributed by atoms with Gasteiger partial charge in [-0.15, -0.1) is 0 Å². The molecule has 3 aliphatic heterocycles. The van der Waals surface area contributed by atoms with Crippen LogP contribution in [0, 0.1) is 16.7 Å². The summed E-state index contributed by atoms with van der Waals surface area (Å²) in [5.74, 6) is 2.50. The van der Waals surface area contributed by atoms with Crippen molar-refractivity contribution < 1.29 is 22.6 Å². The zero-order valence-electron chi connectivity index (χ0n) is 23.9. The third kappa shape index (κ3) is 5.12. The van der Waals surface area contributed by atoms with Gasteiger partial charge in [0.25, 0.3) is 10.1 Å². The number of fused-ring (bicyclic) bond motifs is 5. The van der Waals surface area contributed by atoms with Crippen LogP contribution in [0.4, 0.5) is 4.79 Å². The number of carbonyl (C=O) groups excluding carboxylic acids is 2. The van der Waals surface area contributed by atoms with E-state index in [2.05, 4.69) is 58.3 Å². The van der Waals surface area contributed by atoms with Crippen LogP contribution in [0.1, 0.15) is 57.1 Å². The van der Waals surface area contributed by atoms with Crippen LogP contribution in [0.25, 0.3) is 0 Å². The van der Waals surface area contributed by atoms with E-state index < -0.39 is 21.3 Å². The van der Waals surface area contributed by atoms with Crippen LogP contribution in [-0.2, 0) is 38.9 Å². The zero-order valence-corrected chi connectivity index (χ0v) is 25.6. The van der Waals surface area contributed by atoms with Gasteiger partial charge in [-0.1, -0.05) is 74.5 Å². The second-order valence-corrected chi connectivity index (χ2v) is 16.9. The van der Waals surface area contributed by atoms with E-state index in [0.29, 0.717) is 35.8 Å². The van der Waals surface area contributed by atoms with E-state index in [-0.39, 0.29) is 23.1 Å². The molecule has 2 aliphatic carbocycles. The highest BCUT2D eigenvalue weighted by Gasteiger charge is 2.65. The van der Waals surface area contributed by atoms with Gasteiger partial charge >= 0.3 is 6.03 Å². The molecule has 2 bridgehead atoms. The molecule has 0 aromatic heterocycles. The predicted molar refractivity (Wildman–Crippen MR) is 162 cm³/mol. The molecule has 2 saturated carbocycles. The highest BCUT2D eigenvalue weighted by atomic mass is 32.2. The lowest BCUT2D eigenvalue weighted by atomic mass is 9.70. The lowest BCUT2D eigenvalue weighted by Crippen LogP contribution is -2.42. The summed E-state index contributed by atoms with van der Waals surface area (Å²) in [6.45, 7) is 5.39. The predicted octanol–water partition coefficient (Wildman–Crippen LogP) is 4.93. The van der Waals surface area contributed by atoms with E-state index in [0.717, 1.165) is 24.8 Å². The van der Waals surface area contributed by atoms with Crippen LogP contribution in [0.2, 0.25) is 0 Å². The monoisotopic (exact) mass is 597 g/mol. The quantitative estimate of drug-likeness (QED) is 0.290. The molecular formula is C32H41N2O5S2+. The van der Waals surface area contributed by atoms with Gasteiger partial charge in [0.1, 0.15) is 34.6 Å². The molecule has 6 atom stereocenters. The number of hydrogen-bond donors (Lipinski definition) is 1. The summed E-state index contributed by atoms with van der Waals surface area (Å²) in [7, 11) is -3.56. The summed E-state index contributed by atoms with van der Waals surface area (Å²) in [4.78, 5) is 29.6. The molecule has 5 fully saturated rings. The summed E-state index contributed by atoms with van der Waals surface area (Å²) < 4.78 is 31.0. The second kappa shape index (κ2) is 10.7. The molecule has 7 nitrogen and oxygen atoms in total. The van der Waals surface area contributed by atoms with E-state index in [1.54, 1.807) is 0 Å². The van der Waals surface area contributed by atoms with Crippen LogP contribution >= 0.6 is 0 Å². The first-order valence-corrected chi connectivity index (χ1v) is 18.0. The number of rotatable bonds is 6. The fourth-order valence-electron chi connectivity index (χ4n) is 8.38. The minimum absolute atomic E-state index is 0.0152. The zero-order chi connectivity index (χ0) is 29.0. The summed E-state index contributed by atoms with van der Waals surface area (Å²) in [6.07, 6.45) is 4.63. The van der Waals surface area contributed by atoms with E-state index >= 15 is 0 Å². The molecule has 41 heavy (non-hydrogen) atoms. The Balaban J connectivity index is 0.000000172. The van der Waals surface area contributed by atoms with Crippen molar-refractivity contribution >= 4 is 32.8 Å². The number of amides is 2.